The summed E-state index contributed by atoms with van der Waals surface area (Å²) in [7, 11) is 0. The number of anilines is 1. The van der Waals surface area contributed by atoms with Gasteiger partial charge in [0.2, 0.25) is 5.91 Å². The van der Waals surface area contributed by atoms with Gasteiger partial charge in [0, 0.05) is 23.5 Å². The first kappa shape index (κ1) is 13.2. The highest BCUT2D eigenvalue weighted by Gasteiger charge is 2.29. The summed E-state index contributed by atoms with van der Waals surface area (Å²) in [6, 6.07) is 12.1. The number of benzene rings is 1. The van der Waals surface area contributed by atoms with E-state index in [0.717, 1.165) is 18.7 Å². The molecule has 0 saturated heterocycles. The maximum absolute atomic E-state index is 12.6. The van der Waals surface area contributed by atoms with Crippen LogP contribution in [0, 0.1) is 0 Å². The van der Waals surface area contributed by atoms with Crippen LogP contribution in [0.3, 0.4) is 0 Å². The summed E-state index contributed by atoms with van der Waals surface area (Å²) >= 11 is 1.70. The molecule has 1 aliphatic heterocycles. The van der Waals surface area contributed by atoms with Crippen LogP contribution in [0.2, 0.25) is 0 Å². The zero-order valence-corrected chi connectivity index (χ0v) is 12.3. The number of nitrogens with zero attached hydrogens (tertiary/aromatic N) is 1. The second-order valence-corrected chi connectivity index (χ2v) is 6.02. The second kappa shape index (κ2) is 5.67. The standard InChI is InChI=1S/C16H18N2OS/c1-2-18(11-13-7-5-9-20-13)16(19)15-10-12-6-3-4-8-14(12)17-15/h3-9,15,17H,2,10-11H2,1H3. The van der Waals surface area contributed by atoms with E-state index in [0.29, 0.717) is 6.54 Å². The van der Waals surface area contributed by atoms with Crippen LogP contribution in [-0.2, 0) is 17.8 Å². The molecule has 104 valence electrons. The lowest BCUT2D eigenvalue weighted by atomic mass is 10.1. The van der Waals surface area contributed by atoms with Crippen molar-refractivity contribution in [3.05, 3.63) is 52.2 Å². The van der Waals surface area contributed by atoms with E-state index < -0.39 is 0 Å². The molecule has 0 fully saturated rings. The maximum atomic E-state index is 12.6. The van der Waals surface area contributed by atoms with E-state index in [1.54, 1.807) is 11.3 Å². The molecule has 1 aliphatic rings. The van der Waals surface area contributed by atoms with Gasteiger partial charge in [0.1, 0.15) is 6.04 Å². The number of likely N-dealkylation sites (N-methyl/N-ethyl adjacent to an activating group) is 1. The highest BCUT2D eigenvalue weighted by Crippen LogP contribution is 2.26. The Morgan fingerprint density at radius 1 is 1.35 bits per heavy atom. The smallest absolute Gasteiger partial charge is 0.245 e. The van der Waals surface area contributed by atoms with Crippen molar-refractivity contribution in [3.8, 4) is 0 Å². The molecule has 1 N–H and O–H groups in total. The second-order valence-electron chi connectivity index (χ2n) is 4.99. The number of carbonyl (C=O) groups excluding carboxylic acids is 1. The summed E-state index contributed by atoms with van der Waals surface area (Å²) in [6.07, 6.45) is 0.788. The third-order valence-electron chi connectivity index (χ3n) is 3.69. The van der Waals surface area contributed by atoms with E-state index >= 15 is 0 Å². The summed E-state index contributed by atoms with van der Waals surface area (Å²) in [5, 5.41) is 5.39. The normalized spacial score (nSPS) is 16.6. The quantitative estimate of drug-likeness (QED) is 0.936. The van der Waals surface area contributed by atoms with Gasteiger partial charge in [-0.25, -0.2) is 0 Å². The number of fused-ring (bicyclic) bond motifs is 1. The van der Waals surface area contributed by atoms with Crippen molar-refractivity contribution in [1.29, 1.82) is 0 Å². The van der Waals surface area contributed by atoms with Crippen LogP contribution in [0.25, 0.3) is 0 Å². The molecule has 1 unspecified atom stereocenters. The number of para-hydroxylation sites is 1. The average molecular weight is 286 g/mol. The zero-order valence-electron chi connectivity index (χ0n) is 11.5. The zero-order chi connectivity index (χ0) is 13.9. The van der Waals surface area contributed by atoms with Crippen LogP contribution in [0.15, 0.2) is 41.8 Å². The van der Waals surface area contributed by atoms with Crippen LogP contribution in [0.4, 0.5) is 5.69 Å². The van der Waals surface area contributed by atoms with Crippen molar-refractivity contribution in [1.82, 2.24) is 4.90 Å². The van der Waals surface area contributed by atoms with E-state index in [-0.39, 0.29) is 11.9 Å². The molecular formula is C16H18N2OS. The molecule has 20 heavy (non-hydrogen) atoms. The Morgan fingerprint density at radius 3 is 2.90 bits per heavy atom. The summed E-state index contributed by atoms with van der Waals surface area (Å²) in [4.78, 5) is 15.8. The van der Waals surface area contributed by atoms with Gasteiger partial charge < -0.3 is 10.2 Å². The Labute approximate surface area is 123 Å². The van der Waals surface area contributed by atoms with Gasteiger partial charge in [-0.3, -0.25) is 4.79 Å². The van der Waals surface area contributed by atoms with Crippen LogP contribution < -0.4 is 5.32 Å². The molecule has 0 saturated carbocycles. The molecule has 4 heteroatoms. The number of nitrogens with one attached hydrogen (secondary N) is 1. The first-order valence-electron chi connectivity index (χ1n) is 6.93. The van der Waals surface area contributed by atoms with E-state index in [1.165, 1.54) is 10.4 Å². The lowest BCUT2D eigenvalue weighted by molar-refractivity contribution is -0.132. The number of thiophene rings is 1. The van der Waals surface area contributed by atoms with Crippen molar-refractivity contribution >= 4 is 22.9 Å². The van der Waals surface area contributed by atoms with Gasteiger partial charge >= 0.3 is 0 Å². The number of carbonyl (C=O) groups is 1. The highest BCUT2D eigenvalue weighted by atomic mass is 32.1. The van der Waals surface area contributed by atoms with Crippen molar-refractivity contribution < 1.29 is 4.79 Å². The number of hydrogen-bond acceptors (Lipinski definition) is 3. The lowest BCUT2D eigenvalue weighted by Gasteiger charge is -2.24. The molecule has 0 radical (unpaired) electrons. The van der Waals surface area contributed by atoms with Gasteiger partial charge in [-0.1, -0.05) is 24.3 Å². The van der Waals surface area contributed by atoms with Gasteiger partial charge in [-0.05, 0) is 30.0 Å². The van der Waals surface area contributed by atoms with Gasteiger partial charge in [0.25, 0.3) is 0 Å². The fraction of sp³-hybridized carbons (Fsp3) is 0.312. The topological polar surface area (TPSA) is 32.3 Å². The van der Waals surface area contributed by atoms with Crippen molar-refractivity contribution in [2.75, 3.05) is 11.9 Å². The van der Waals surface area contributed by atoms with Crippen LogP contribution in [0.1, 0.15) is 17.4 Å². The van der Waals surface area contributed by atoms with Gasteiger partial charge in [-0.2, -0.15) is 0 Å². The minimum atomic E-state index is -0.118. The van der Waals surface area contributed by atoms with E-state index in [2.05, 4.69) is 22.8 Å². The molecule has 1 atom stereocenters. The Bertz CT molecular complexity index is 563. The largest absolute Gasteiger partial charge is 0.373 e. The molecule has 1 aromatic heterocycles. The molecule has 1 amide bonds. The number of amides is 1. The Balaban J connectivity index is 1.69. The van der Waals surface area contributed by atoms with E-state index in [1.807, 2.05) is 36.1 Å². The molecule has 3 nitrogen and oxygen atoms in total. The van der Waals surface area contributed by atoms with Crippen molar-refractivity contribution in [3.63, 3.8) is 0 Å². The predicted molar refractivity (Wildman–Crippen MR) is 83.0 cm³/mol. The first-order valence-corrected chi connectivity index (χ1v) is 7.81. The summed E-state index contributed by atoms with van der Waals surface area (Å²) in [5.41, 5.74) is 2.33. The van der Waals surface area contributed by atoms with E-state index in [4.69, 9.17) is 0 Å². The minimum absolute atomic E-state index is 0.118. The van der Waals surface area contributed by atoms with Gasteiger partial charge in [-0.15, -0.1) is 11.3 Å². The van der Waals surface area contributed by atoms with Gasteiger partial charge in [0.15, 0.2) is 0 Å². The summed E-state index contributed by atoms with van der Waals surface area (Å²) < 4.78 is 0. The van der Waals surface area contributed by atoms with Crippen molar-refractivity contribution in [2.45, 2.75) is 25.9 Å². The van der Waals surface area contributed by atoms with Crippen LogP contribution in [-0.4, -0.2) is 23.4 Å². The molecule has 0 bridgehead atoms. The molecule has 3 rings (SSSR count). The van der Waals surface area contributed by atoms with Crippen LogP contribution >= 0.6 is 11.3 Å². The fourth-order valence-electron chi connectivity index (χ4n) is 2.60. The molecule has 2 aromatic rings. The Morgan fingerprint density at radius 2 is 2.20 bits per heavy atom. The SMILES string of the molecule is CCN(Cc1cccs1)C(=O)C1Cc2ccccc2N1. The van der Waals surface area contributed by atoms with Crippen LogP contribution in [0.5, 0.6) is 0 Å². The Hall–Kier alpha value is -1.81. The molecule has 1 aromatic carbocycles. The summed E-state index contributed by atoms with van der Waals surface area (Å²) in [5.74, 6) is 0.192. The molecule has 0 aliphatic carbocycles. The molecule has 0 spiro atoms. The lowest BCUT2D eigenvalue weighted by Crippen LogP contribution is -2.41. The summed E-state index contributed by atoms with van der Waals surface area (Å²) in [6.45, 7) is 3.49. The monoisotopic (exact) mass is 286 g/mol. The maximum Gasteiger partial charge on any atom is 0.245 e. The minimum Gasteiger partial charge on any atom is -0.373 e. The predicted octanol–water partition coefficient (Wildman–Crippen LogP) is 3.13. The number of hydrogen-bond donors (Lipinski definition) is 1. The average Bonchev–Trinajstić information content (AvgIpc) is 3.12. The third-order valence-corrected chi connectivity index (χ3v) is 4.55. The van der Waals surface area contributed by atoms with Gasteiger partial charge in [0.05, 0.1) is 6.54 Å². The van der Waals surface area contributed by atoms with E-state index in [9.17, 15) is 4.79 Å². The Kier molecular flexibility index (Phi) is 3.74. The third kappa shape index (κ3) is 2.56. The molecular weight excluding hydrogens is 268 g/mol. The highest BCUT2D eigenvalue weighted by molar-refractivity contribution is 7.09. The van der Waals surface area contributed by atoms with Crippen molar-refractivity contribution in [2.24, 2.45) is 0 Å². The first-order chi connectivity index (χ1) is 9.78. The fourth-order valence-corrected chi connectivity index (χ4v) is 3.32. The molecule has 2 heterocycles. The number of rotatable bonds is 4.